The van der Waals surface area contributed by atoms with Crippen molar-refractivity contribution in [3.05, 3.63) is 47.1 Å². The molecule has 1 N–H and O–H groups in total. The monoisotopic (exact) mass is 402 g/mol. The molecule has 1 aromatic heterocycles. The largest absolute Gasteiger partial charge is 0.495 e. The maximum absolute atomic E-state index is 12.5. The predicted molar refractivity (Wildman–Crippen MR) is 93.0 cm³/mol. The highest BCUT2D eigenvalue weighted by atomic mass is 35.5. The lowest BCUT2D eigenvalue weighted by Crippen LogP contribution is -2.21. The average molecular weight is 403 g/mol. The molecule has 0 radical (unpaired) electrons. The first kappa shape index (κ1) is 19.9. The van der Waals surface area contributed by atoms with E-state index in [1.165, 1.54) is 31.5 Å². The van der Waals surface area contributed by atoms with E-state index in [4.69, 9.17) is 21.1 Å². The van der Waals surface area contributed by atoms with Crippen molar-refractivity contribution in [2.24, 2.45) is 0 Å². The summed E-state index contributed by atoms with van der Waals surface area (Å²) in [6, 6.07) is 7.31. The number of hydrogen-bond acceptors (Lipinski definition) is 6. The zero-order chi connectivity index (χ0) is 19.1. The molecule has 0 atom stereocenters. The maximum atomic E-state index is 12.5. The molecule has 6 nitrogen and oxygen atoms in total. The number of thioether (sulfide) groups is 1. The van der Waals surface area contributed by atoms with Gasteiger partial charge in [0, 0.05) is 11.2 Å². The van der Waals surface area contributed by atoms with E-state index in [-0.39, 0.29) is 22.4 Å². The molecule has 0 aliphatic rings. The van der Waals surface area contributed by atoms with Crippen molar-refractivity contribution in [2.45, 2.75) is 10.8 Å². The molecule has 0 spiro atoms. The molecule has 0 unspecified atom stereocenters. The molecule has 0 saturated carbocycles. The van der Waals surface area contributed by atoms with Gasteiger partial charge in [0.2, 0.25) is 0 Å². The fraction of sp³-hybridized carbons (Fsp3) is 0.188. The smallest absolute Gasteiger partial charge is 0.341 e. The van der Waals surface area contributed by atoms with E-state index < -0.39 is 24.2 Å². The van der Waals surface area contributed by atoms with Crippen LogP contribution in [0.2, 0.25) is 5.02 Å². The van der Waals surface area contributed by atoms with Crippen molar-refractivity contribution in [3.63, 3.8) is 0 Å². The Morgan fingerprint density at radius 1 is 1.35 bits per heavy atom. The van der Waals surface area contributed by atoms with Crippen LogP contribution in [0.3, 0.4) is 0 Å². The zero-order valence-electron chi connectivity index (χ0n) is 13.4. The molecule has 1 amide bonds. The van der Waals surface area contributed by atoms with Crippen LogP contribution in [0.5, 0.6) is 5.75 Å². The second kappa shape index (κ2) is 9.35. The molecule has 2 aromatic rings. The van der Waals surface area contributed by atoms with Crippen LogP contribution in [-0.4, -0.2) is 36.3 Å². The lowest BCUT2D eigenvalue weighted by molar-refractivity contribution is -0.119. The van der Waals surface area contributed by atoms with Gasteiger partial charge in [0.15, 0.2) is 6.61 Å². The Balaban J connectivity index is 2.00. The van der Waals surface area contributed by atoms with Gasteiger partial charge in [-0.25, -0.2) is 9.78 Å². The zero-order valence-corrected chi connectivity index (χ0v) is 14.9. The van der Waals surface area contributed by atoms with Crippen LogP contribution in [0.25, 0.3) is 0 Å². The number of aromatic nitrogens is 1. The Kier molecular flexibility index (Phi) is 7.16. The van der Waals surface area contributed by atoms with E-state index in [1.807, 2.05) is 0 Å². The van der Waals surface area contributed by atoms with E-state index in [1.54, 1.807) is 12.1 Å². The summed E-state index contributed by atoms with van der Waals surface area (Å²) < 4.78 is 35.0. The third kappa shape index (κ3) is 5.57. The standard InChI is InChI=1S/C16H13ClF2N2O4S/c1-24-12-5-4-9(17)7-11(12)21-13(22)8-25-15(23)10-3-2-6-20-14(10)26-16(18)19/h2-7,16H,8H2,1H3,(H,21,22). The summed E-state index contributed by atoms with van der Waals surface area (Å²) in [6.07, 6.45) is 1.28. The fourth-order valence-corrected chi connectivity index (χ4v) is 2.64. The van der Waals surface area contributed by atoms with Crippen LogP contribution < -0.4 is 10.1 Å². The molecule has 0 fully saturated rings. The third-order valence-corrected chi connectivity index (χ3v) is 3.92. The minimum Gasteiger partial charge on any atom is -0.495 e. The number of nitrogens with zero attached hydrogens (tertiary/aromatic N) is 1. The van der Waals surface area contributed by atoms with Crippen LogP contribution >= 0.6 is 23.4 Å². The highest BCUT2D eigenvalue weighted by Crippen LogP contribution is 2.28. The molecule has 1 aromatic carbocycles. The van der Waals surface area contributed by atoms with Gasteiger partial charge in [-0.3, -0.25) is 4.79 Å². The van der Waals surface area contributed by atoms with Crippen LogP contribution in [0.1, 0.15) is 10.4 Å². The molecule has 10 heteroatoms. The highest BCUT2D eigenvalue weighted by Gasteiger charge is 2.19. The van der Waals surface area contributed by atoms with Gasteiger partial charge >= 0.3 is 5.97 Å². The first-order valence-electron chi connectivity index (χ1n) is 7.11. The number of anilines is 1. The summed E-state index contributed by atoms with van der Waals surface area (Å²) in [4.78, 5) is 27.7. The van der Waals surface area contributed by atoms with Crippen molar-refractivity contribution in [3.8, 4) is 5.75 Å². The maximum Gasteiger partial charge on any atom is 0.341 e. The third-order valence-electron chi connectivity index (χ3n) is 2.96. The van der Waals surface area contributed by atoms with Crippen LogP contribution in [0, 0.1) is 0 Å². The molecular weight excluding hydrogens is 390 g/mol. The van der Waals surface area contributed by atoms with Gasteiger partial charge < -0.3 is 14.8 Å². The predicted octanol–water partition coefficient (Wildman–Crippen LogP) is 3.85. The minimum atomic E-state index is -2.74. The Morgan fingerprint density at radius 3 is 2.81 bits per heavy atom. The summed E-state index contributed by atoms with van der Waals surface area (Å²) in [6.45, 7) is -0.623. The van der Waals surface area contributed by atoms with Gasteiger partial charge in [-0.05, 0) is 42.1 Å². The summed E-state index contributed by atoms with van der Waals surface area (Å²) in [7, 11) is 1.42. The summed E-state index contributed by atoms with van der Waals surface area (Å²) in [5.74, 6) is -3.95. The number of rotatable bonds is 7. The number of halogens is 3. The quantitative estimate of drug-likeness (QED) is 0.560. The van der Waals surface area contributed by atoms with Gasteiger partial charge in [0.05, 0.1) is 18.4 Å². The second-order valence-electron chi connectivity index (χ2n) is 4.70. The molecule has 2 rings (SSSR count). The SMILES string of the molecule is COc1ccc(Cl)cc1NC(=O)COC(=O)c1cccnc1SC(F)F. The number of amides is 1. The number of methoxy groups -OCH3 is 1. The van der Waals surface area contributed by atoms with Gasteiger partial charge in [-0.1, -0.05) is 11.6 Å². The van der Waals surface area contributed by atoms with Crippen molar-refractivity contribution in [1.82, 2.24) is 4.98 Å². The van der Waals surface area contributed by atoms with Gasteiger partial charge in [-0.2, -0.15) is 8.78 Å². The number of alkyl halides is 2. The molecule has 1 heterocycles. The Labute approximate surface area is 156 Å². The fourth-order valence-electron chi connectivity index (χ4n) is 1.90. The van der Waals surface area contributed by atoms with Crippen molar-refractivity contribution >= 4 is 40.9 Å². The second-order valence-corrected chi connectivity index (χ2v) is 6.12. The Bertz CT molecular complexity index is 808. The summed E-state index contributed by atoms with van der Waals surface area (Å²) in [5, 5.41) is 2.69. The summed E-state index contributed by atoms with van der Waals surface area (Å²) >= 11 is 5.98. The topological polar surface area (TPSA) is 77.5 Å². The van der Waals surface area contributed by atoms with Crippen LogP contribution in [0.15, 0.2) is 41.6 Å². The van der Waals surface area contributed by atoms with Crippen molar-refractivity contribution < 1.29 is 27.8 Å². The van der Waals surface area contributed by atoms with Crippen LogP contribution in [0.4, 0.5) is 14.5 Å². The van der Waals surface area contributed by atoms with Gasteiger partial charge in [-0.15, -0.1) is 0 Å². The highest BCUT2D eigenvalue weighted by molar-refractivity contribution is 7.99. The molecule has 26 heavy (non-hydrogen) atoms. The molecule has 0 saturated heterocycles. The van der Waals surface area contributed by atoms with Crippen molar-refractivity contribution in [2.75, 3.05) is 19.0 Å². The van der Waals surface area contributed by atoms with Gasteiger partial charge in [0.1, 0.15) is 10.8 Å². The van der Waals surface area contributed by atoms with E-state index in [0.29, 0.717) is 16.5 Å². The lowest BCUT2D eigenvalue weighted by Gasteiger charge is -2.11. The molecule has 0 aliphatic carbocycles. The molecular formula is C16H13ClF2N2O4S. The average Bonchev–Trinajstić information content (AvgIpc) is 2.60. The number of ether oxygens (including phenoxy) is 2. The Morgan fingerprint density at radius 2 is 2.12 bits per heavy atom. The molecule has 0 bridgehead atoms. The number of hydrogen-bond donors (Lipinski definition) is 1. The first-order valence-corrected chi connectivity index (χ1v) is 8.37. The summed E-state index contributed by atoms with van der Waals surface area (Å²) in [5.41, 5.74) is 0.155. The van der Waals surface area contributed by atoms with E-state index in [0.717, 1.165) is 0 Å². The van der Waals surface area contributed by atoms with Gasteiger partial charge in [0.25, 0.3) is 11.7 Å². The number of carbonyl (C=O) groups is 2. The molecule has 138 valence electrons. The number of benzene rings is 1. The normalized spacial score (nSPS) is 10.5. The van der Waals surface area contributed by atoms with E-state index >= 15 is 0 Å². The first-order chi connectivity index (χ1) is 12.4. The Hall–Kier alpha value is -2.39. The van der Waals surface area contributed by atoms with E-state index in [2.05, 4.69) is 10.3 Å². The van der Waals surface area contributed by atoms with Crippen molar-refractivity contribution in [1.29, 1.82) is 0 Å². The lowest BCUT2D eigenvalue weighted by atomic mass is 10.3. The van der Waals surface area contributed by atoms with Crippen LogP contribution in [-0.2, 0) is 9.53 Å². The number of esters is 1. The number of nitrogens with one attached hydrogen (secondary N) is 1. The van der Waals surface area contributed by atoms with E-state index in [9.17, 15) is 18.4 Å². The number of carbonyl (C=O) groups excluding carboxylic acids is 2. The number of pyridine rings is 1. The molecule has 0 aliphatic heterocycles. The minimum absolute atomic E-state index is 0.120.